The van der Waals surface area contributed by atoms with Crippen molar-refractivity contribution < 1.29 is 14.4 Å². The van der Waals surface area contributed by atoms with E-state index in [0.717, 1.165) is 17.5 Å². The molecule has 0 unspecified atom stereocenters. The number of hydrogen-bond donors (Lipinski definition) is 2. The molecule has 3 N–H and O–H groups in total. The van der Waals surface area contributed by atoms with Crippen LogP contribution in [0.25, 0.3) is 0 Å². The summed E-state index contributed by atoms with van der Waals surface area (Å²) in [5.41, 5.74) is 8.09. The summed E-state index contributed by atoms with van der Waals surface area (Å²) in [6.07, 6.45) is 0.949. The summed E-state index contributed by atoms with van der Waals surface area (Å²) in [5, 5.41) is 4.91. The lowest BCUT2D eigenvalue weighted by Gasteiger charge is -2.33. The average molecular weight is 288 g/mol. The maximum absolute atomic E-state index is 12.4. The Morgan fingerprint density at radius 2 is 2.00 bits per heavy atom. The Labute approximate surface area is 121 Å². The summed E-state index contributed by atoms with van der Waals surface area (Å²) < 4.78 is 0. The molecule has 0 atom stereocenters. The summed E-state index contributed by atoms with van der Waals surface area (Å²) in [6.45, 7) is 1.11. The molecule has 2 aliphatic rings. The summed E-state index contributed by atoms with van der Waals surface area (Å²) in [6, 6.07) is 5.06. The van der Waals surface area contributed by atoms with Gasteiger partial charge >= 0.3 is 6.03 Å². The topological polar surface area (TPSA) is 95.7 Å². The fraction of sp³-hybridized carbons (Fsp3) is 0.357. The SMILES string of the molecule is NCCc1ccc2c(c1)CN(N1CCC(=O)NC1=O)C2=O. The van der Waals surface area contributed by atoms with Crippen molar-refractivity contribution in [1.82, 2.24) is 15.3 Å². The van der Waals surface area contributed by atoms with E-state index in [1.54, 1.807) is 6.07 Å². The first-order valence-electron chi connectivity index (χ1n) is 6.85. The van der Waals surface area contributed by atoms with Crippen LogP contribution in [0, 0.1) is 0 Å². The van der Waals surface area contributed by atoms with E-state index in [1.165, 1.54) is 10.0 Å². The molecule has 0 aromatic heterocycles. The fourth-order valence-electron chi connectivity index (χ4n) is 2.66. The van der Waals surface area contributed by atoms with Crippen LogP contribution >= 0.6 is 0 Å². The maximum Gasteiger partial charge on any atom is 0.342 e. The summed E-state index contributed by atoms with van der Waals surface area (Å²) in [4.78, 5) is 35.4. The first kappa shape index (κ1) is 13.6. The molecule has 2 heterocycles. The summed E-state index contributed by atoms with van der Waals surface area (Å²) in [5.74, 6) is -0.528. The largest absolute Gasteiger partial charge is 0.342 e. The maximum atomic E-state index is 12.4. The van der Waals surface area contributed by atoms with Crippen molar-refractivity contribution in [2.75, 3.05) is 13.1 Å². The van der Waals surface area contributed by atoms with Crippen LogP contribution in [0.2, 0.25) is 0 Å². The van der Waals surface area contributed by atoms with Gasteiger partial charge in [-0.2, -0.15) is 0 Å². The number of amides is 4. The fourth-order valence-corrected chi connectivity index (χ4v) is 2.66. The van der Waals surface area contributed by atoms with Crippen LogP contribution in [0.4, 0.5) is 4.79 Å². The second kappa shape index (κ2) is 5.17. The smallest absolute Gasteiger partial charge is 0.330 e. The number of hydrogen-bond acceptors (Lipinski definition) is 4. The number of hydrazine groups is 1. The van der Waals surface area contributed by atoms with Crippen molar-refractivity contribution in [2.45, 2.75) is 19.4 Å². The van der Waals surface area contributed by atoms with Crippen molar-refractivity contribution >= 4 is 17.8 Å². The molecule has 1 fully saturated rings. The van der Waals surface area contributed by atoms with Crippen LogP contribution in [0.5, 0.6) is 0 Å². The molecule has 21 heavy (non-hydrogen) atoms. The number of carbonyl (C=O) groups excluding carboxylic acids is 3. The van der Waals surface area contributed by atoms with E-state index >= 15 is 0 Å². The number of benzene rings is 1. The molecule has 1 aromatic rings. The molecule has 7 nitrogen and oxygen atoms in total. The molecule has 3 rings (SSSR count). The zero-order valence-corrected chi connectivity index (χ0v) is 11.5. The van der Waals surface area contributed by atoms with Gasteiger partial charge in [-0.3, -0.25) is 14.9 Å². The third-order valence-corrected chi connectivity index (χ3v) is 3.71. The van der Waals surface area contributed by atoms with Crippen molar-refractivity contribution in [1.29, 1.82) is 0 Å². The monoisotopic (exact) mass is 288 g/mol. The van der Waals surface area contributed by atoms with E-state index in [-0.39, 0.29) is 24.8 Å². The van der Waals surface area contributed by atoms with E-state index < -0.39 is 6.03 Å². The molecule has 2 aliphatic heterocycles. The van der Waals surface area contributed by atoms with Crippen LogP contribution in [-0.4, -0.2) is 41.0 Å². The average Bonchev–Trinajstić information content (AvgIpc) is 2.76. The highest BCUT2D eigenvalue weighted by Gasteiger charge is 2.36. The second-order valence-corrected chi connectivity index (χ2v) is 5.12. The number of fused-ring (bicyclic) bond motifs is 1. The number of urea groups is 1. The van der Waals surface area contributed by atoms with E-state index in [4.69, 9.17) is 5.73 Å². The molecular formula is C14H16N4O3. The van der Waals surface area contributed by atoms with Gasteiger partial charge in [-0.1, -0.05) is 12.1 Å². The highest BCUT2D eigenvalue weighted by atomic mass is 16.2. The molecular weight excluding hydrogens is 272 g/mol. The number of carbonyl (C=O) groups is 3. The molecule has 0 aliphatic carbocycles. The Hall–Kier alpha value is -2.41. The van der Waals surface area contributed by atoms with Crippen LogP contribution in [-0.2, 0) is 17.8 Å². The van der Waals surface area contributed by atoms with Crippen LogP contribution in [0.3, 0.4) is 0 Å². The van der Waals surface area contributed by atoms with Gasteiger partial charge in [0.2, 0.25) is 5.91 Å². The van der Waals surface area contributed by atoms with Gasteiger partial charge in [-0.15, -0.1) is 0 Å². The first-order chi connectivity index (χ1) is 10.1. The molecule has 110 valence electrons. The molecule has 1 aromatic carbocycles. The highest BCUT2D eigenvalue weighted by Crippen LogP contribution is 2.26. The molecule has 0 radical (unpaired) electrons. The van der Waals surface area contributed by atoms with E-state index in [0.29, 0.717) is 18.7 Å². The third-order valence-electron chi connectivity index (χ3n) is 3.71. The van der Waals surface area contributed by atoms with Gasteiger partial charge in [0.15, 0.2) is 0 Å². The third kappa shape index (κ3) is 2.36. The Kier molecular flexibility index (Phi) is 3.34. The number of nitrogens with two attached hydrogens (primary N) is 1. The lowest BCUT2D eigenvalue weighted by molar-refractivity contribution is -0.123. The minimum Gasteiger partial charge on any atom is -0.330 e. The molecule has 7 heteroatoms. The van der Waals surface area contributed by atoms with Crippen molar-refractivity contribution in [3.63, 3.8) is 0 Å². The number of nitrogens with zero attached hydrogens (tertiary/aromatic N) is 2. The number of imide groups is 1. The highest BCUT2D eigenvalue weighted by molar-refractivity contribution is 6.01. The van der Waals surface area contributed by atoms with Crippen LogP contribution in [0.15, 0.2) is 18.2 Å². The summed E-state index contributed by atoms with van der Waals surface area (Å²) >= 11 is 0. The first-order valence-corrected chi connectivity index (χ1v) is 6.85. The van der Waals surface area contributed by atoms with Crippen molar-refractivity contribution in [3.8, 4) is 0 Å². The second-order valence-electron chi connectivity index (χ2n) is 5.12. The van der Waals surface area contributed by atoms with Crippen LogP contribution in [0.1, 0.15) is 27.9 Å². The van der Waals surface area contributed by atoms with Gasteiger partial charge in [0.1, 0.15) is 0 Å². The van der Waals surface area contributed by atoms with Gasteiger partial charge in [0.25, 0.3) is 5.91 Å². The minimum atomic E-state index is -0.547. The van der Waals surface area contributed by atoms with Gasteiger partial charge in [-0.25, -0.2) is 14.8 Å². The van der Waals surface area contributed by atoms with E-state index in [1.807, 2.05) is 12.1 Å². The predicted molar refractivity (Wildman–Crippen MR) is 73.9 cm³/mol. The lowest BCUT2D eigenvalue weighted by atomic mass is 10.0. The Morgan fingerprint density at radius 3 is 2.71 bits per heavy atom. The van der Waals surface area contributed by atoms with E-state index in [9.17, 15) is 14.4 Å². The molecule has 0 bridgehead atoms. The Morgan fingerprint density at radius 1 is 1.19 bits per heavy atom. The Bertz CT molecular complexity index is 629. The molecule has 0 saturated carbocycles. The zero-order valence-electron chi connectivity index (χ0n) is 11.5. The van der Waals surface area contributed by atoms with Gasteiger partial charge in [-0.05, 0) is 30.2 Å². The number of rotatable bonds is 3. The standard InChI is InChI=1S/C14H16N4O3/c15-5-3-9-1-2-11-10(7-9)8-18(13(11)20)17-6-4-12(19)16-14(17)21/h1-2,7H,3-6,8,15H2,(H,16,19,21). The van der Waals surface area contributed by atoms with Gasteiger partial charge in [0.05, 0.1) is 13.1 Å². The number of nitrogens with one attached hydrogen (secondary N) is 1. The van der Waals surface area contributed by atoms with Gasteiger partial charge in [0, 0.05) is 12.0 Å². The van der Waals surface area contributed by atoms with E-state index in [2.05, 4.69) is 5.32 Å². The quantitative estimate of drug-likeness (QED) is 0.818. The summed E-state index contributed by atoms with van der Waals surface area (Å²) in [7, 11) is 0. The minimum absolute atomic E-state index is 0.199. The van der Waals surface area contributed by atoms with Gasteiger partial charge < -0.3 is 5.73 Å². The normalized spacial score (nSPS) is 18.0. The van der Waals surface area contributed by atoms with Crippen molar-refractivity contribution in [3.05, 3.63) is 34.9 Å². The van der Waals surface area contributed by atoms with Crippen molar-refractivity contribution in [2.24, 2.45) is 5.73 Å². The molecule has 0 spiro atoms. The lowest BCUT2D eigenvalue weighted by Crippen LogP contribution is -2.56. The zero-order chi connectivity index (χ0) is 15.0. The molecule has 4 amide bonds. The Balaban J connectivity index is 1.83. The van der Waals surface area contributed by atoms with Crippen LogP contribution < -0.4 is 11.1 Å². The molecule has 1 saturated heterocycles. The predicted octanol–water partition coefficient (Wildman–Crippen LogP) is 0.000500.